The third-order valence-corrected chi connectivity index (χ3v) is 3.99. The fraction of sp³-hybridized carbons (Fsp3) is 1.00. The van der Waals surface area contributed by atoms with E-state index in [0.717, 1.165) is 12.6 Å². The molecular formula is C13H29N3. The lowest BCUT2D eigenvalue weighted by Gasteiger charge is -2.40. The van der Waals surface area contributed by atoms with Crippen LogP contribution in [0.1, 0.15) is 33.6 Å². The van der Waals surface area contributed by atoms with Gasteiger partial charge in [0.05, 0.1) is 0 Å². The van der Waals surface area contributed by atoms with Gasteiger partial charge < -0.3 is 15.5 Å². The Morgan fingerprint density at radius 2 is 2.00 bits per heavy atom. The second kappa shape index (κ2) is 5.99. The molecule has 96 valence electrons. The summed E-state index contributed by atoms with van der Waals surface area (Å²) in [5, 5.41) is 0. The molecule has 1 aliphatic heterocycles. The zero-order chi connectivity index (χ0) is 12.2. The van der Waals surface area contributed by atoms with Crippen LogP contribution in [0, 0.1) is 5.41 Å². The van der Waals surface area contributed by atoms with Gasteiger partial charge in [-0.05, 0) is 38.4 Å². The number of rotatable bonds is 5. The molecule has 0 amide bonds. The van der Waals surface area contributed by atoms with Gasteiger partial charge in [0, 0.05) is 25.7 Å². The summed E-state index contributed by atoms with van der Waals surface area (Å²) in [7, 11) is 2.25. The summed E-state index contributed by atoms with van der Waals surface area (Å²) in [6.07, 6.45) is 2.47. The van der Waals surface area contributed by atoms with Gasteiger partial charge in [0.15, 0.2) is 0 Å². The Labute approximate surface area is 101 Å². The van der Waals surface area contributed by atoms with Crippen LogP contribution in [0.25, 0.3) is 0 Å². The third-order valence-electron chi connectivity index (χ3n) is 3.99. The smallest absolute Gasteiger partial charge is 0.0218 e. The number of piperazine rings is 1. The Morgan fingerprint density at radius 3 is 2.56 bits per heavy atom. The standard InChI is InChI=1S/C13H29N3/c1-5-12-10-16(9-8-15(12)4)7-6-13(2,3)11-14/h12H,5-11,14H2,1-4H3. The van der Waals surface area contributed by atoms with Crippen molar-refractivity contribution in [3.05, 3.63) is 0 Å². The van der Waals surface area contributed by atoms with Crippen molar-refractivity contribution in [2.45, 2.75) is 39.7 Å². The minimum absolute atomic E-state index is 0.297. The van der Waals surface area contributed by atoms with Crippen molar-refractivity contribution in [2.75, 3.05) is 39.8 Å². The lowest BCUT2D eigenvalue weighted by atomic mass is 9.89. The number of nitrogens with zero attached hydrogens (tertiary/aromatic N) is 2. The van der Waals surface area contributed by atoms with E-state index in [1.54, 1.807) is 0 Å². The fourth-order valence-corrected chi connectivity index (χ4v) is 2.22. The molecule has 0 aromatic carbocycles. The van der Waals surface area contributed by atoms with E-state index in [1.165, 1.54) is 39.0 Å². The lowest BCUT2D eigenvalue weighted by molar-refractivity contribution is 0.0843. The first-order valence-corrected chi connectivity index (χ1v) is 6.61. The van der Waals surface area contributed by atoms with Crippen molar-refractivity contribution in [3.8, 4) is 0 Å². The molecule has 1 atom stereocenters. The highest BCUT2D eigenvalue weighted by atomic mass is 15.3. The average Bonchev–Trinajstić information content (AvgIpc) is 2.28. The van der Waals surface area contributed by atoms with Crippen LogP contribution in [-0.2, 0) is 0 Å². The Bertz CT molecular complexity index is 203. The zero-order valence-corrected chi connectivity index (χ0v) is 11.5. The molecule has 1 aliphatic rings. The zero-order valence-electron chi connectivity index (χ0n) is 11.5. The van der Waals surface area contributed by atoms with Gasteiger partial charge in [-0.25, -0.2) is 0 Å². The second-order valence-corrected chi connectivity index (χ2v) is 5.96. The van der Waals surface area contributed by atoms with E-state index in [-0.39, 0.29) is 0 Å². The number of hydrogen-bond acceptors (Lipinski definition) is 3. The quantitative estimate of drug-likeness (QED) is 0.770. The van der Waals surface area contributed by atoms with Crippen molar-refractivity contribution in [1.29, 1.82) is 0 Å². The van der Waals surface area contributed by atoms with E-state index in [4.69, 9.17) is 5.73 Å². The van der Waals surface area contributed by atoms with Gasteiger partial charge in [0.1, 0.15) is 0 Å². The Balaban J connectivity index is 2.33. The van der Waals surface area contributed by atoms with Gasteiger partial charge >= 0.3 is 0 Å². The summed E-state index contributed by atoms with van der Waals surface area (Å²) in [4.78, 5) is 5.09. The predicted molar refractivity (Wildman–Crippen MR) is 70.6 cm³/mol. The molecule has 1 heterocycles. The number of likely N-dealkylation sites (N-methyl/N-ethyl adjacent to an activating group) is 1. The molecule has 0 saturated carbocycles. The highest BCUT2D eigenvalue weighted by Crippen LogP contribution is 2.20. The Kier molecular flexibility index (Phi) is 5.22. The molecule has 1 unspecified atom stereocenters. The van der Waals surface area contributed by atoms with E-state index in [1.807, 2.05) is 0 Å². The van der Waals surface area contributed by atoms with Crippen LogP contribution in [0.15, 0.2) is 0 Å². The molecule has 0 aromatic heterocycles. The first-order chi connectivity index (χ1) is 7.48. The molecule has 3 heteroatoms. The molecule has 2 N–H and O–H groups in total. The third kappa shape index (κ3) is 4.04. The average molecular weight is 227 g/mol. The van der Waals surface area contributed by atoms with Crippen LogP contribution in [0.4, 0.5) is 0 Å². The summed E-state index contributed by atoms with van der Waals surface area (Å²) in [6, 6.07) is 0.745. The van der Waals surface area contributed by atoms with E-state index in [9.17, 15) is 0 Å². The van der Waals surface area contributed by atoms with Crippen LogP contribution < -0.4 is 5.73 Å². The second-order valence-electron chi connectivity index (χ2n) is 5.96. The van der Waals surface area contributed by atoms with Crippen molar-refractivity contribution in [1.82, 2.24) is 9.80 Å². The molecule has 0 aromatic rings. The first kappa shape index (κ1) is 13.9. The summed E-state index contributed by atoms with van der Waals surface area (Å²) in [5.74, 6) is 0. The van der Waals surface area contributed by atoms with Gasteiger partial charge in [-0.15, -0.1) is 0 Å². The predicted octanol–water partition coefficient (Wildman–Crippen LogP) is 1.39. The molecule has 1 rings (SSSR count). The fourth-order valence-electron chi connectivity index (χ4n) is 2.22. The van der Waals surface area contributed by atoms with Crippen molar-refractivity contribution < 1.29 is 0 Å². The van der Waals surface area contributed by atoms with Crippen LogP contribution in [0.3, 0.4) is 0 Å². The summed E-state index contributed by atoms with van der Waals surface area (Å²) >= 11 is 0. The van der Waals surface area contributed by atoms with Crippen LogP contribution in [0.2, 0.25) is 0 Å². The summed E-state index contributed by atoms with van der Waals surface area (Å²) < 4.78 is 0. The molecule has 3 nitrogen and oxygen atoms in total. The number of nitrogens with two attached hydrogens (primary N) is 1. The highest BCUT2D eigenvalue weighted by Gasteiger charge is 2.24. The maximum atomic E-state index is 5.77. The van der Waals surface area contributed by atoms with Gasteiger partial charge in [0.2, 0.25) is 0 Å². The van der Waals surface area contributed by atoms with Crippen LogP contribution in [-0.4, -0.2) is 55.6 Å². The van der Waals surface area contributed by atoms with E-state index < -0.39 is 0 Å². The van der Waals surface area contributed by atoms with Gasteiger partial charge in [-0.3, -0.25) is 0 Å². The van der Waals surface area contributed by atoms with Crippen molar-refractivity contribution >= 4 is 0 Å². The van der Waals surface area contributed by atoms with Gasteiger partial charge in [-0.2, -0.15) is 0 Å². The van der Waals surface area contributed by atoms with Crippen molar-refractivity contribution in [2.24, 2.45) is 11.1 Å². The molecule has 0 bridgehead atoms. The summed E-state index contributed by atoms with van der Waals surface area (Å²) in [6.45, 7) is 12.5. The SMILES string of the molecule is CCC1CN(CCC(C)(C)CN)CCN1C. The summed E-state index contributed by atoms with van der Waals surface area (Å²) in [5.41, 5.74) is 6.07. The first-order valence-electron chi connectivity index (χ1n) is 6.61. The molecule has 0 radical (unpaired) electrons. The van der Waals surface area contributed by atoms with E-state index in [2.05, 4.69) is 37.6 Å². The highest BCUT2D eigenvalue weighted by molar-refractivity contribution is 4.80. The molecule has 0 spiro atoms. The number of hydrogen-bond donors (Lipinski definition) is 1. The van der Waals surface area contributed by atoms with Crippen LogP contribution >= 0.6 is 0 Å². The topological polar surface area (TPSA) is 32.5 Å². The Morgan fingerprint density at radius 1 is 1.31 bits per heavy atom. The lowest BCUT2D eigenvalue weighted by Crippen LogP contribution is -2.51. The van der Waals surface area contributed by atoms with Crippen molar-refractivity contribution in [3.63, 3.8) is 0 Å². The normalized spacial score (nSPS) is 24.9. The molecule has 1 saturated heterocycles. The van der Waals surface area contributed by atoms with Gasteiger partial charge in [0.25, 0.3) is 0 Å². The molecular weight excluding hydrogens is 198 g/mol. The maximum Gasteiger partial charge on any atom is 0.0218 e. The monoisotopic (exact) mass is 227 g/mol. The van der Waals surface area contributed by atoms with Crippen LogP contribution in [0.5, 0.6) is 0 Å². The van der Waals surface area contributed by atoms with Gasteiger partial charge in [-0.1, -0.05) is 20.8 Å². The minimum Gasteiger partial charge on any atom is -0.330 e. The largest absolute Gasteiger partial charge is 0.330 e. The van der Waals surface area contributed by atoms with E-state index >= 15 is 0 Å². The molecule has 1 fully saturated rings. The minimum atomic E-state index is 0.297. The Hall–Kier alpha value is -0.120. The van der Waals surface area contributed by atoms with E-state index in [0.29, 0.717) is 5.41 Å². The molecule has 0 aliphatic carbocycles. The molecule has 16 heavy (non-hydrogen) atoms. The maximum absolute atomic E-state index is 5.77.